The van der Waals surface area contributed by atoms with Crippen molar-refractivity contribution in [3.8, 4) is 0 Å². The number of nitrogens with one attached hydrogen (secondary N) is 1. The van der Waals surface area contributed by atoms with Crippen LogP contribution in [0.15, 0.2) is 48.5 Å². The highest BCUT2D eigenvalue weighted by Crippen LogP contribution is 2.13. The van der Waals surface area contributed by atoms with Crippen molar-refractivity contribution < 1.29 is 14.0 Å². The Hall–Kier alpha value is -2.73. The van der Waals surface area contributed by atoms with Crippen LogP contribution in [-0.4, -0.2) is 53.8 Å². The van der Waals surface area contributed by atoms with E-state index in [4.69, 9.17) is 0 Å². The molecular weight excluding hydrogens is 369 g/mol. The van der Waals surface area contributed by atoms with Crippen molar-refractivity contribution in [2.75, 3.05) is 26.2 Å². The fourth-order valence-electron chi connectivity index (χ4n) is 3.59. The molecule has 6 heteroatoms. The van der Waals surface area contributed by atoms with Gasteiger partial charge in [0, 0.05) is 38.3 Å². The summed E-state index contributed by atoms with van der Waals surface area (Å²) < 4.78 is 13.0. The quantitative estimate of drug-likeness (QED) is 0.844. The second kappa shape index (κ2) is 9.65. The highest BCUT2D eigenvalue weighted by atomic mass is 19.1. The lowest BCUT2D eigenvalue weighted by Crippen LogP contribution is -2.46. The summed E-state index contributed by atoms with van der Waals surface area (Å²) in [6.45, 7) is 6.95. The molecule has 1 heterocycles. The molecule has 1 aliphatic heterocycles. The van der Waals surface area contributed by atoms with Crippen molar-refractivity contribution in [2.45, 2.75) is 32.9 Å². The van der Waals surface area contributed by atoms with Crippen LogP contribution in [0.4, 0.5) is 4.39 Å². The summed E-state index contributed by atoms with van der Waals surface area (Å²) >= 11 is 0. The number of halogens is 1. The Balaban J connectivity index is 1.53. The predicted molar refractivity (Wildman–Crippen MR) is 111 cm³/mol. The first-order valence-corrected chi connectivity index (χ1v) is 10.1. The minimum atomic E-state index is -0.289. The van der Waals surface area contributed by atoms with Crippen LogP contribution in [0.5, 0.6) is 0 Å². The number of carbonyl (C=O) groups excluding carboxylic acids is 2. The van der Waals surface area contributed by atoms with Gasteiger partial charge in [-0.15, -0.1) is 0 Å². The summed E-state index contributed by atoms with van der Waals surface area (Å²) in [4.78, 5) is 29.3. The van der Waals surface area contributed by atoms with Crippen LogP contribution in [0.25, 0.3) is 0 Å². The van der Waals surface area contributed by atoms with E-state index in [1.54, 1.807) is 12.1 Å². The molecule has 1 aliphatic rings. The van der Waals surface area contributed by atoms with E-state index in [-0.39, 0.29) is 23.7 Å². The molecule has 2 amide bonds. The van der Waals surface area contributed by atoms with Gasteiger partial charge in [-0.1, -0.05) is 29.8 Å². The summed E-state index contributed by atoms with van der Waals surface area (Å²) in [5.41, 5.74) is 2.64. The molecule has 1 fully saturated rings. The number of benzene rings is 2. The van der Waals surface area contributed by atoms with Gasteiger partial charge in [0.2, 0.25) is 5.91 Å². The van der Waals surface area contributed by atoms with Crippen LogP contribution in [0.2, 0.25) is 0 Å². The van der Waals surface area contributed by atoms with Gasteiger partial charge in [0.25, 0.3) is 5.91 Å². The molecule has 2 aromatic rings. The zero-order valence-corrected chi connectivity index (χ0v) is 17.0. The first-order valence-electron chi connectivity index (χ1n) is 10.1. The van der Waals surface area contributed by atoms with Crippen molar-refractivity contribution in [3.05, 3.63) is 71.0 Å². The van der Waals surface area contributed by atoms with Gasteiger partial charge in [-0.05, 0) is 50.1 Å². The Morgan fingerprint density at radius 3 is 2.55 bits per heavy atom. The third-order valence-corrected chi connectivity index (χ3v) is 5.39. The summed E-state index contributed by atoms with van der Waals surface area (Å²) in [6, 6.07) is 13.5. The molecule has 1 N–H and O–H groups in total. The number of hydrogen-bond donors (Lipinski definition) is 1. The fourth-order valence-corrected chi connectivity index (χ4v) is 3.59. The maximum Gasteiger partial charge on any atom is 0.253 e. The van der Waals surface area contributed by atoms with Crippen LogP contribution in [0.1, 0.15) is 34.8 Å². The lowest BCUT2D eigenvalue weighted by Gasteiger charge is -2.27. The SMILES string of the molecule is Cc1cccc(C(=O)N2CCCN(C(C)C(=O)NCc3ccc(F)cc3)CC2)c1. The molecule has 1 unspecified atom stereocenters. The third kappa shape index (κ3) is 5.64. The summed E-state index contributed by atoms with van der Waals surface area (Å²) in [5.74, 6) is -0.306. The lowest BCUT2D eigenvalue weighted by molar-refractivity contribution is -0.126. The first kappa shape index (κ1) is 21.0. The number of amides is 2. The third-order valence-electron chi connectivity index (χ3n) is 5.39. The van der Waals surface area contributed by atoms with Crippen LogP contribution >= 0.6 is 0 Å². The van der Waals surface area contributed by atoms with E-state index < -0.39 is 0 Å². The van der Waals surface area contributed by atoms with Gasteiger partial charge in [0.1, 0.15) is 5.82 Å². The van der Waals surface area contributed by atoms with Gasteiger partial charge in [-0.25, -0.2) is 4.39 Å². The minimum Gasteiger partial charge on any atom is -0.351 e. The number of aryl methyl sites for hydroxylation is 1. The Bertz CT molecular complexity index is 853. The predicted octanol–water partition coefficient (Wildman–Crippen LogP) is 2.99. The van der Waals surface area contributed by atoms with E-state index in [2.05, 4.69) is 10.2 Å². The standard InChI is InChI=1S/C23H28FN3O2/c1-17-5-3-6-20(15-17)23(29)27-12-4-11-26(13-14-27)18(2)22(28)25-16-19-7-9-21(24)10-8-19/h3,5-10,15,18H,4,11-14,16H2,1-2H3,(H,25,28). The van der Waals surface area contributed by atoms with E-state index in [9.17, 15) is 14.0 Å². The molecule has 0 saturated carbocycles. The Morgan fingerprint density at radius 1 is 1.07 bits per heavy atom. The number of hydrogen-bond acceptors (Lipinski definition) is 3. The maximum absolute atomic E-state index is 13.0. The van der Waals surface area contributed by atoms with E-state index in [1.807, 2.05) is 43.0 Å². The van der Waals surface area contributed by atoms with Crippen molar-refractivity contribution in [2.24, 2.45) is 0 Å². The van der Waals surface area contributed by atoms with Crippen molar-refractivity contribution in [3.63, 3.8) is 0 Å². The van der Waals surface area contributed by atoms with Gasteiger partial charge < -0.3 is 10.2 Å². The van der Waals surface area contributed by atoms with Gasteiger partial charge in [0.15, 0.2) is 0 Å². The van der Waals surface area contributed by atoms with Crippen LogP contribution < -0.4 is 5.32 Å². The second-order valence-electron chi connectivity index (χ2n) is 7.57. The number of rotatable bonds is 5. The molecule has 154 valence electrons. The summed E-state index contributed by atoms with van der Waals surface area (Å²) in [6.07, 6.45) is 0.827. The molecule has 1 saturated heterocycles. The Morgan fingerprint density at radius 2 is 1.83 bits per heavy atom. The minimum absolute atomic E-state index is 0.0453. The molecule has 1 atom stereocenters. The van der Waals surface area contributed by atoms with Gasteiger partial charge in [0.05, 0.1) is 6.04 Å². The molecule has 2 aromatic carbocycles. The zero-order valence-electron chi connectivity index (χ0n) is 17.0. The molecule has 0 bridgehead atoms. The normalized spacial score (nSPS) is 16.2. The molecule has 0 radical (unpaired) electrons. The highest BCUT2D eigenvalue weighted by molar-refractivity contribution is 5.94. The average molecular weight is 397 g/mol. The summed E-state index contributed by atoms with van der Waals surface area (Å²) in [7, 11) is 0. The zero-order chi connectivity index (χ0) is 20.8. The Labute approximate surface area is 171 Å². The first-order chi connectivity index (χ1) is 13.9. The van der Waals surface area contributed by atoms with Gasteiger partial charge >= 0.3 is 0 Å². The van der Waals surface area contributed by atoms with Crippen molar-refractivity contribution >= 4 is 11.8 Å². The monoisotopic (exact) mass is 397 g/mol. The van der Waals surface area contributed by atoms with Crippen LogP contribution in [-0.2, 0) is 11.3 Å². The largest absolute Gasteiger partial charge is 0.351 e. The van der Waals surface area contributed by atoms with Crippen LogP contribution in [0.3, 0.4) is 0 Å². The fraction of sp³-hybridized carbons (Fsp3) is 0.391. The molecule has 5 nitrogen and oxygen atoms in total. The van der Waals surface area contributed by atoms with Gasteiger partial charge in [-0.3, -0.25) is 14.5 Å². The summed E-state index contributed by atoms with van der Waals surface area (Å²) in [5, 5.41) is 2.92. The lowest BCUT2D eigenvalue weighted by atomic mass is 10.1. The van der Waals surface area contributed by atoms with Crippen molar-refractivity contribution in [1.82, 2.24) is 15.1 Å². The van der Waals surface area contributed by atoms with E-state index in [0.29, 0.717) is 31.7 Å². The molecule has 29 heavy (non-hydrogen) atoms. The van der Waals surface area contributed by atoms with E-state index in [0.717, 1.165) is 24.1 Å². The molecule has 3 rings (SSSR count). The average Bonchev–Trinajstić information content (AvgIpc) is 2.98. The maximum atomic E-state index is 13.0. The molecular formula is C23H28FN3O2. The molecule has 0 aliphatic carbocycles. The number of nitrogens with zero attached hydrogens (tertiary/aromatic N) is 2. The topological polar surface area (TPSA) is 52.7 Å². The van der Waals surface area contributed by atoms with Crippen LogP contribution in [0, 0.1) is 12.7 Å². The molecule has 0 aromatic heterocycles. The van der Waals surface area contributed by atoms with E-state index >= 15 is 0 Å². The second-order valence-corrected chi connectivity index (χ2v) is 7.57. The number of carbonyl (C=O) groups is 2. The van der Waals surface area contributed by atoms with Crippen molar-refractivity contribution in [1.29, 1.82) is 0 Å². The molecule has 0 spiro atoms. The van der Waals surface area contributed by atoms with Gasteiger partial charge in [-0.2, -0.15) is 0 Å². The highest BCUT2D eigenvalue weighted by Gasteiger charge is 2.26. The smallest absolute Gasteiger partial charge is 0.253 e. The van der Waals surface area contributed by atoms with E-state index in [1.165, 1.54) is 12.1 Å². The Kier molecular flexibility index (Phi) is 6.99.